The van der Waals surface area contributed by atoms with Crippen LogP contribution in [0.5, 0.6) is 0 Å². The smallest absolute Gasteiger partial charge is 0.246 e. The van der Waals surface area contributed by atoms with E-state index < -0.39 is 10.0 Å². The zero-order valence-corrected chi connectivity index (χ0v) is 14.2. The molecular formula is C13H27N5O2S. The highest BCUT2D eigenvalue weighted by Crippen LogP contribution is 2.16. The van der Waals surface area contributed by atoms with E-state index in [4.69, 9.17) is 5.73 Å². The predicted molar refractivity (Wildman–Crippen MR) is 84.4 cm³/mol. The first-order valence-electron chi connectivity index (χ1n) is 7.34. The Morgan fingerprint density at radius 2 is 2.05 bits per heavy atom. The minimum absolute atomic E-state index is 0.0281. The summed E-state index contributed by atoms with van der Waals surface area (Å²) in [4.78, 5) is 2.36. The van der Waals surface area contributed by atoms with Crippen molar-refractivity contribution >= 4 is 15.8 Å². The van der Waals surface area contributed by atoms with Gasteiger partial charge >= 0.3 is 0 Å². The summed E-state index contributed by atoms with van der Waals surface area (Å²) in [5.41, 5.74) is 5.62. The lowest BCUT2D eigenvalue weighted by Gasteiger charge is -2.19. The number of aryl methyl sites for hydroxylation is 1. The third-order valence-electron chi connectivity index (χ3n) is 3.47. The number of nitrogen functional groups attached to an aromatic ring is 1. The molecule has 0 saturated carbocycles. The first kappa shape index (κ1) is 17.9. The maximum Gasteiger partial charge on any atom is 0.246 e. The molecule has 0 radical (unpaired) electrons. The van der Waals surface area contributed by atoms with Gasteiger partial charge in [0.1, 0.15) is 4.90 Å². The molecule has 0 spiro atoms. The summed E-state index contributed by atoms with van der Waals surface area (Å²) in [5.74, 6) is 0.0281. The van der Waals surface area contributed by atoms with Crippen molar-refractivity contribution in [1.29, 1.82) is 0 Å². The van der Waals surface area contributed by atoms with Crippen molar-refractivity contribution in [3.05, 3.63) is 6.20 Å². The van der Waals surface area contributed by atoms with Gasteiger partial charge in [-0.05, 0) is 39.4 Å². The van der Waals surface area contributed by atoms with Crippen molar-refractivity contribution in [1.82, 2.24) is 19.4 Å². The van der Waals surface area contributed by atoms with E-state index in [9.17, 15) is 8.42 Å². The van der Waals surface area contributed by atoms with Crippen LogP contribution in [0.25, 0.3) is 0 Å². The topological polar surface area (TPSA) is 93.2 Å². The number of anilines is 1. The summed E-state index contributed by atoms with van der Waals surface area (Å²) in [6, 6.07) is -0.134. The van der Waals surface area contributed by atoms with Crippen LogP contribution in [0.15, 0.2) is 11.1 Å². The molecule has 21 heavy (non-hydrogen) atoms. The van der Waals surface area contributed by atoms with Crippen molar-refractivity contribution in [3.63, 3.8) is 0 Å². The van der Waals surface area contributed by atoms with Crippen LogP contribution >= 0.6 is 0 Å². The van der Waals surface area contributed by atoms with E-state index in [-0.39, 0.29) is 16.8 Å². The number of nitrogens with zero attached hydrogens (tertiary/aromatic N) is 3. The summed E-state index contributed by atoms with van der Waals surface area (Å²) in [6.45, 7) is 9.13. The Balaban J connectivity index is 2.54. The monoisotopic (exact) mass is 317 g/mol. The van der Waals surface area contributed by atoms with Gasteiger partial charge in [0, 0.05) is 19.3 Å². The maximum absolute atomic E-state index is 12.2. The average molecular weight is 317 g/mol. The van der Waals surface area contributed by atoms with Crippen LogP contribution in [-0.4, -0.2) is 48.8 Å². The standard InChI is InChI=1S/C13H27N5O2S/c1-5-18(6-2)9-7-8-11(3)16-21(19,20)12-10-17(4)15-13(12)14/h10-11,16H,5-9H2,1-4H3,(H2,14,15). The van der Waals surface area contributed by atoms with Crippen molar-refractivity contribution in [2.24, 2.45) is 7.05 Å². The third kappa shape index (κ3) is 5.29. The molecule has 7 nitrogen and oxygen atoms in total. The maximum atomic E-state index is 12.2. The number of rotatable bonds is 9. The van der Waals surface area contributed by atoms with Crippen LogP contribution in [0.1, 0.15) is 33.6 Å². The van der Waals surface area contributed by atoms with E-state index in [2.05, 4.69) is 28.6 Å². The zero-order valence-electron chi connectivity index (χ0n) is 13.3. The van der Waals surface area contributed by atoms with Crippen LogP contribution in [-0.2, 0) is 17.1 Å². The molecule has 1 heterocycles. The summed E-state index contributed by atoms with van der Waals surface area (Å²) < 4.78 is 28.5. The Morgan fingerprint density at radius 3 is 2.52 bits per heavy atom. The molecule has 8 heteroatoms. The molecule has 0 saturated heterocycles. The molecule has 0 fully saturated rings. The van der Waals surface area contributed by atoms with E-state index >= 15 is 0 Å². The Kier molecular flexibility index (Phi) is 6.63. The lowest BCUT2D eigenvalue weighted by molar-refractivity contribution is 0.293. The number of nitrogens with two attached hydrogens (primary N) is 1. The van der Waals surface area contributed by atoms with E-state index in [1.165, 1.54) is 10.9 Å². The highest BCUT2D eigenvalue weighted by Gasteiger charge is 2.22. The minimum atomic E-state index is -3.60. The Morgan fingerprint density at radius 1 is 1.43 bits per heavy atom. The van der Waals surface area contributed by atoms with Gasteiger partial charge in [-0.1, -0.05) is 13.8 Å². The summed E-state index contributed by atoms with van der Waals surface area (Å²) in [6.07, 6.45) is 3.16. The normalized spacial score (nSPS) is 13.8. The largest absolute Gasteiger partial charge is 0.381 e. The average Bonchev–Trinajstić information content (AvgIpc) is 2.74. The Bertz CT molecular complexity index is 537. The molecule has 3 N–H and O–H groups in total. The second kappa shape index (κ2) is 7.77. The highest BCUT2D eigenvalue weighted by molar-refractivity contribution is 7.89. The molecule has 1 atom stereocenters. The molecular weight excluding hydrogens is 290 g/mol. The van der Waals surface area contributed by atoms with Gasteiger partial charge in [0.15, 0.2) is 5.82 Å². The summed E-state index contributed by atoms with van der Waals surface area (Å²) >= 11 is 0. The summed E-state index contributed by atoms with van der Waals surface area (Å²) in [7, 11) is -1.96. The van der Waals surface area contributed by atoms with Gasteiger partial charge in [0.2, 0.25) is 10.0 Å². The molecule has 1 rings (SSSR count). The predicted octanol–water partition coefficient (Wildman–Crippen LogP) is 0.791. The first-order valence-corrected chi connectivity index (χ1v) is 8.82. The molecule has 1 aromatic heterocycles. The number of hydrogen-bond donors (Lipinski definition) is 2. The second-order valence-corrected chi connectivity index (χ2v) is 6.93. The van der Waals surface area contributed by atoms with Gasteiger partial charge in [0.05, 0.1) is 0 Å². The lowest BCUT2D eigenvalue weighted by atomic mass is 10.2. The van der Waals surface area contributed by atoms with Crippen LogP contribution < -0.4 is 10.5 Å². The molecule has 0 aliphatic rings. The minimum Gasteiger partial charge on any atom is -0.381 e. The van der Waals surface area contributed by atoms with Gasteiger partial charge in [-0.25, -0.2) is 13.1 Å². The molecule has 0 amide bonds. The van der Waals surface area contributed by atoms with Gasteiger partial charge in [-0.15, -0.1) is 0 Å². The molecule has 0 aliphatic heterocycles. The zero-order chi connectivity index (χ0) is 16.0. The Hall–Kier alpha value is -1.12. The molecule has 0 aliphatic carbocycles. The van der Waals surface area contributed by atoms with Crippen LogP contribution in [0.3, 0.4) is 0 Å². The highest BCUT2D eigenvalue weighted by atomic mass is 32.2. The van der Waals surface area contributed by atoms with Gasteiger partial charge in [-0.3, -0.25) is 4.68 Å². The number of nitrogens with one attached hydrogen (secondary N) is 1. The van der Waals surface area contributed by atoms with Crippen LogP contribution in [0.4, 0.5) is 5.82 Å². The van der Waals surface area contributed by atoms with E-state index in [0.717, 1.165) is 32.5 Å². The van der Waals surface area contributed by atoms with Crippen LogP contribution in [0, 0.1) is 0 Å². The van der Waals surface area contributed by atoms with E-state index in [1.807, 2.05) is 6.92 Å². The second-order valence-electron chi connectivity index (χ2n) is 5.24. The van der Waals surface area contributed by atoms with E-state index in [0.29, 0.717) is 0 Å². The summed E-state index contributed by atoms with van der Waals surface area (Å²) in [5, 5.41) is 3.86. The van der Waals surface area contributed by atoms with Crippen molar-refractivity contribution in [2.45, 2.75) is 44.6 Å². The lowest BCUT2D eigenvalue weighted by Crippen LogP contribution is -2.33. The van der Waals surface area contributed by atoms with Gasteiger partial charge in [-0.2, -0.15) is 5.10 Å². The fourth-order valence-electron chi connectivity index (χ4n) is 2.24. The van der Waals surface area contributed by atoms with Crippen molar-refractivity contribution in [2.75, 3.05) is 25.4 Å². The van der Waals surface area contributed by atoms with Crippen molar-refractivity contribution in [3.8, 4) is 0 Å². The molecule has 0 bridgehead atoms. The van der Waals surface area contributed by atoms with E-state index in [1.54, 1.807) is 7.05 Å². The van der Waals surface area contributed by atoms with Crippen molar-refractivity contribution < 1.29 is 8.42 Å². The fraction of sp³-hybridized carbons (Fsp3) is 0.769. The third-order valence-corrected chi connectivity index (χ3v) is 5.08. The first-order chi connectivity index (χ1) is 9.80. The fourth-order valence-corrected chi connectivity index (χ4v) is 3.62. The van der Waals surface area contributed by atoms with Crippen LogP contribution in [0.2, 0.25) is 0 Å². The quantitative estimate of drug-likeness (QED) is 0.702. The molecule has 1 unspecified atom stereocenters. The Labute approximate surface area is 127 Å². The van der Waals surface area contributed by atoms with Gasteiger partial charge in [0.25, 0.3) is 0 Å². The molecule has 122 valence electrons. The number of sulfonamides is 1. The van der Waals surface area contributed by atoms with Gasteiger partial charge < -0.3 is 10.6 Å². The molecule has 1 aromatic rings. The number of aromatic nitrogens is 2. The molecule has 0 aromatic carbocycles. The number of hydrogen-bond acceptors (Lipinski definition) is 5. The SMILES string of the molecule is CCN(CC)CCCC(C)NS(=O)(=O)c1cn(C)nc1N.